The number of anilines is 1. The lowest BCUT2D eigenvalue weighted by Gasteiger charge is -2.31. The second-order valence-corrected chi connectivity index (χ2v) is 16.0. The van der Waals surface area contributed by atoms with Gasteiger partial charge in [-0.3, -0.25) is 19.4 Å². The van der Waals surface area contributed by atoms with Crippen LogP contribution in [0.4, 0.5) is 19.7 Å². The minimum Gasteiger partial charge on any atom is -0.465 e. The lowest BCUT2D eigenvalue weighted by molar-refractivity contribution is -0.172. The van der Waals surface area contributed by atoms with Gasteiger partial charge < -0.3 is 51.8 Å². The third-order valence-corrected chi connectivity index (χ3v) is 11.8. The summed E-state index contributed by atoms with van der Waals surface area (Å²) in [7, 11) is 0. The molecule has 4 atom stereocenters. The zero-order valence-corrected chi connectivity index (χ0v) is 34.1. The maximum Gasteiger partial charge on any atom is 0.405 e. The van der Waals surface area contributed by atoms with E-state index < -0.39 is 64.9 Å². The number of aromatic nitrogens is 3. The monoisotopic (exact) mass is 841 g/mol. The lowest BCUT2D eigenvalue weighted by Crippen LogP contribution is -2.54. The number of fused-ring (bicyclic) bond motifs is 5. The number of cyclic esters (lactones) is 1. The van der Waals surface area contributed by atoms with Gasteiger partial charge in [0.05, 0.1) is 46.6 Å². The van der Waals surface area contributed by atoms with E-state index in [0.29, 0.717) is 46.7 Å². The van der Waals surface area contributed by atoms with Crippen LogP contribution in [0.1, 0.15) is 91.6 Å². The SMILES string of the molecule is CC[C@@]1(O)C(=O)OCc2c1cc1n(c2=O)Cc2c-1nc1cc(F)c(C)c3c1c2[C@@H](NCc1ccc(NC(=O)C(CCCNC(N)=O)NC(=O)C(NC(=O)O)C(C)C)cn1)CC3. The van der Waals surface area contributed by atoms with E-state index in [1.165, 1.54) is 12.3 Å². The number of esters is 1. The highest BCUT2D eigenvalue weighted by molar-refractivity contribution is 5.98. The highest BCUT2D eigenvalue weighted by Gasteiger charge is 2.46. The molecule has 61 heavy (non-hydrogen) atoms. The van der Waals surface area contributed by atoms with Crippen LogP contribution in [0.2, 0.25) is 0 Å². The van der Waals surface area contributed by atoms with Crippen LogP contribution in [0, 0.1) is 18.7 Å². The van der Waals surface area contributed by atoms with E-state index in [2.05, 4.69) is 31.6 Å². The Morgan fingerprint density at radius 2 is 1.87 bits per heavy atom. The molecule has 7 rings (SSSR count). The van der Waals surface area contributed by atoms with E-state index in [-0.39, 0.29) is 62.7 Å². The largest absolute Gasteiger partial charge is 0.465 e. The zero-order valence-electron chi connectivity index (χ0n) is 34.1. The molecule has 1 aliphatic carbocycles. The molecule has 19 heteroatoms. The summed E-state index contributed by atoms with van der Waals surface area (Å²) in [6.45, 7) is 7.04. The molecule has 0 fully saturated rings. The molecule has 0 saturated heterocycles. The fourth-order valence-electron chi connectivity index (χ4n) is 8.54. The number of aryl methyl sites for hydroxylation is 1. The van der Waals surface area contributed by atoms with Crippen LogP contribution in [-0.4, -0.2) is 73.3 Å². The van der Waals surface area contributed by atoms with Crippen molar-refractivity contribution >= 4 is 46.5 Å². The summed E-state index contributed by atoms with van der Waals surface area (Å²) in [5.74, 6) is -2.90. The number of halogens is 1. The quantitative estimate of drug-likeness (QED) is 0.0593. The second kappa shape index (κ2) is 16.9. The van der Waals surface area contributed by atoms with Crippen molar-refractivity contribution in [3.63, 3.8) is 0 Å². The van der Waals surface area contributed by atoms with Gasteiger partial charge in [-0.25, -0.2) is 23.8 Å². The number of carboxylic acid groups (broad SMARTS) is 1. The highest BCUT2D eigenvalue weighted by Crippen LogP contribution is 2.46. The highest BCUT2D eigenvalue weighted by atomic mass is 19.1. The predicted octanol–water partition coefficient (Wildman–Crippen LogP) is 2.86. The molecule has 3 aromatic heterocycles. The number of rotatable bonds is 14. The summed E-state index contributed by atoms with van der Waals surface area (Å²) >= 11 is 0. The van der Waals surface area contributed by atoms with Crippen LogP contribution in [0.15, 0.2) is 35.3 Å². The molecule has 18 nitrogen and oxygen atoms in total. The molecule has 2 unspecified atom stereocenters. The molecule has 0 saturated carbocycles. The van der Waals surface area contributed by atoms with Crippen LogP contribution >= 0.6 is 0 Å². The average Bonchev–Trinajstić information content (AvgIpc) is 3.59. The van der Waals surface area contributed by atoms with Crippen molar-refractivity contribution in [1.29, 1.82) is 0 Å². The number of aliphatic hydroxyl groups is 1. The van der Waals surface area contributed by atoms with Gasteiger partial charge in [-0.15, -0.1) is 0 Å². The average molecular weight is 842 g/mol. The van der Waals surface area contributed by atoms with E-state index in [4.69, 9.17) is 15.5 Å². The second-order valence-electron chi connectivity index (χ2n) is 16.0. The number of nitrogens with two attached hydrogens (primary N) is 1. The van der Waals surface area contributed by atoms with Crippen molar-refractivity contribution in [3.05, 3.63) is 85.7 Å². The summed E-state index contributed by atoms with van der Waals surface area (Å²) in [5.41, 5.74) is 8.45. The normalized spacial score (nSPS) is 18.3. The smallest absolute Gasteiger partial charge is 0.405 e. The maximum atomic E-state index is 15.4. The van der Waals surface area contributed by atoms with Crippen molar-refractivity contribution in [3.8, 4) is 11.4 Å². The minimum absolute atomic E-state index is 0.00450. The Bertz CT molecular complexity index is 2530. The van der Waals surface area contributed by atoms with Gasteiger partial charge in [0.1, 0.15) is 24.5 Å². The van der Waals surface area contributed by atoms with Crippen molar-refractivity contribution in [2.75, 3.05) is 11.9 Å². The van der Waals surface area contributed by atoms with Gasteiger partial charge >= 0.3 is 18.1 Å². The minimum atomic E-state index is -2.00. The number of hydrogen-bond donors (Lipinski definition) is 8. The summed E-state index contributed by atoms with van der Waals surface area (Å²) in [6.07, 6.45) is 1.61. The Morgan fingerprint density at radius 3 is 2.54 bits per heavy atom. The summed E-state index contributed by atoms with van der Waals surface area (Å²) in [5, 5.41) is 35.0. The standard InChI is InChI=1S/C42H48FN9O9/c1-5-42(60)26-13-31-35-24(17-52(31)38(55)25(26)18-61-39(42)56)33-28(11-10-23-20(4)27(43)14-30(49-35)32(23)33)47-15-21-8-9-22(16-46-21)48-36(53)29(7-6-12-45-40(44)57)50-37(54)34(19(2)3)51-41(58)59/h8-9,13-14,16,19,28-29,34,47,51,60H,5-7,10-12,15,17-18H2,1-4H3,(H,48,53)(H,50,54)(H,58,59)(H3,44,45,57)/t28-,29?,34?,42-/m0/s1. The number of pyridine rings is 3. The molecule has 3 aliphatic rings. The molecule has 5 heterocycles. The van der Waals surface area contributed by atoms with Crippen molar-refractivity contribution in [2.45, 2.75) is 103 Å². The fourth-order valence-corrected chi connectivity index (χ4v) is 8.54. The number of carbonyl (C=O) groups is 5. The summed E-state index contributed by atoms with van der Waals surface area (Å²) < 4.78 is 22.2. The number of ether oxygens (including phenoxy) is 1. The maximum absolute atomic E-state index is 15.4. The molecule has 0 radical (unpaired) electrons. The Balaban J connectivity index is 1.12. The van der Waals surface area contributed by atoms with Crippen LogP contribution in [0.25, 0.3) is 22.3 Å². The number of nitrogens with zero attached hydrogens (tertiary/aromatic N) is 3. The first kappa shape index (κ1) is 42.6. The van der Waals surface area contributed by atoms with E-state index in [1.54, 1.807) is 50.5 Å². The number of urea groups is 1. The number of hydrogen-bond acceptors (Lipinski definition) is 11. The van der Waals surface area contributed by atoms with Crippen LogP contribution in [0.5, 0.6) is 0 Å². The summed E-state index contributed by atoms with van der Waals surface area (Å²) in [6, 6.07) is 3.19. The van der Waals surface area contributed by atoms with Gasteiger partial charge in [0.15, 0.2) is 5.60 Å². The predicted molar refractivity (Wildman–Crippen MR) is 219 cm³/mol. The van der Waals surface area contributed by atoms with E-state index in [9.17, 15) is 39.0 Å². The first-order valence-electron chi connectivity index (χ1n) is 20.2. The fraction of sp³-hybridized carbons (Fsp3) is 0.429. The van der Waals surface area contributed by atoms with E-state index in [0.717, 1.165) is 22.1 Å². The molecule has 9 N–H and O–H groups in total. The zero-order chi connectivity index (χ0) is 43.9. The van der Waals surface area contributed by atoms with E-state index in [1.807, 2.05) is 0 Å². The van der Waals surface area contributed by atoms with Gasteiger partial charge in [-0.05, 0) is 79.8 Å². The number of benzene rings is 1. The molecule has 0 bridgehead atoms. The van der Waals surface area contributed by atoms with E-state index >= 15 is 4.39 Å². The lowest BCUT2D eigenvalue weighted by atomic mass is 9.81. The molecule has 0 spiro atoms. The molecule has 5 amide bonds. The van der Waals surface area contributed by atoms with Crippen LogP contribution in [-0.2, 0) is 50.8 Å². The van der Waals surface area contributed by atoms with Crippen molar-refractivity contribution in [2.24, 2.45) is 11.7 Å². The van der Waals surface area contributed by atoms with Gasteiger partial charge in [0.2, 0.25) is 11.8 Å². The summed E-state index contributed by atoms with van der Waals surface area (Å²) in [4.78, 5) is 85.2. The molecule has 322 valence electrons. The Hall–Kier alpha value is -6.47. The Morgan fingerprint density at radius 1 is 1.10 bits per heavy atom. The van der Waals surface area contributed by atoms with Crippen LogP contribution < -0.4 is 37.9 Å². The first-order valence-corrected chi connectivity index (χ1v) is 20.2. The van der Waals surface area contributed by atoms with Gasteiger partial charge in [0.25, 0.3) is 5.56 Å². The first-order chi connectivity index (χ1) is 29.0. The molecule has 1 aromatic carbocycles. The number of amides is 5. The topological polar surface area (TPSA) is 269 Å². The van der Waals surface area contributed by atoms with Crippen molar-refractivity contribution < 1.29 is 43.3 Å². The Kier molecular flexibility index (Phi) is 11.8. The molecule has 4 aromatic rings. The number of carbonyl (C=O) groups excluding carboxylic acids is 4. The molecular weight excluding hydrogens is 794 g/mol. The van der Waals surface area contributed by atoms with Crippen molar-refractivity contribution in [1.82, 2.24) is 35.8 Å². The molecular formula is C42H48FN9O9. The van der Waals surface area contributed by atoms with Gasteiger partial charge in [0, 0.05) is 41.7 Å². The third-order valence-electron chi connectivity index (χ3n) is 11.8. The van der Waals surface area contributed by atoms with Crippen LogP contribution in [0.3, 0.4) is 0 Å². The number of primary amides is 1. The number of nitrogens with one attached hydrogen (secondary N) is 5. The van der Waals surface area contributed by atoms with Gasteiger partial charge in [-0.2, -0.15) is 0 Å². The van der Waals surface area contributed by atoms with Gasteiger partial charge in [-0.1, -0.05) is 20.8 Å². The third kappa shape index (κ3) is 8.09. The Labute approximate surface area is 348 Å². The molecule has 2 aliphatic heterocycles.